The maximum Gasteiger partial charge on any atom is 0.197 e. The summed E-state index contributed by atoms with van der Waals surface area (Å²) in [6.45, 7) is 0. The van der Waals surface area contributed by atoms with E-state index in [4.69, 9.17) is 0 Å². The van der Waals surface area contributed by atoms with Crippen molar-refractivity contribution in [3.63, 3.8) is 0 Å². The molecular formula is C24H19NO. The van der Waals surface area contributed by atoms with Crippen molar-refractivity contribution in [2.75, 3.05) is 0 Å². The largest absolute Gasteiger partial charge is 0.356 e. The Kier molecular flexibility index (Phi) is 4.24. The summed E-state index contributed by atoms with van der Waals surface area (Å²) in [5, 5.41) is 0. The maximum absolute atomic E-state index is 13.2. The molecule has 26 heavy (non-hydrogen) atoms. The molecule has 0 aliphatic heterocycles. The van der Waals surface area contributed by atoms with Crippen molar-refractivity contribution in [2.45, 2.75) is 0 Å². The standard InChI is InChI=1S/C24H19NO/c1-25-16-22(19-11-6-3-7-12-19)24(26)23(17-25)21-14-8-13-20(15-21)18-9-4-2-5-10-18/h2-17H,1H3. The lowest BCUT2D eigenvalue weighted by atomic mass is 9.97. The first-order valence-electron chi connectivity index (χ1n) is 8.64. The second-order valence-corrected chi connectivity index (χ2v) is 6.39. The molecule has 0 unspecified atom stereocenters. The molecule has 1 heterocycles. The van der Waals surface area contributed by atoms with E-state index >= 15 is 0 Å². The predicted molar refractivity (Wildman–Crippen MR) is 108 cm³/mol. The van der Waals surface area contributed by atoms with Crippen molar-refractivity contribution < 1.29 is 0 Å². The number of hydrogen-bond acceptors (Lipinski definition) is 1. The van der Waals surface area contributed by atoms with Gasteiger partial charge in [-0.3, -0.25) is 4.79 Å². The molecule has 4 rings (SSSR count). The minimum atomic E-state index is 0.0551. The number of nitrogens with zero attached hydrogens (tertiary/aromatic N) is 1. The van der Waals surface area contributed by atoms with Crippen LogP contribution < -0.4 is 5.43 Å². The normalized spacial score (nSPS) is 10.7. The summed E-state index contributed by atoms with van der Waals surface area (Å²) in [4.78, 5) is 13.2. The van der Waals surface area contributed by atoms with E-state index in [9.17, 15) is 4.79 Å². The lowest BCUT2D eigenvalue weighted by molar-refractivity contribution is 0.904. The van der Waals surface area contributed by atoms with Crippen LogP contribution in [-0.4, -0.2) is 4.57 Å². The highest BCUT2D eigenvalue weighted by molar-refractivity contribution is 5.76. The molecule has 0 radical (unpaired) electrons. The molecule has 4 aromatic rings. The van der Waals surface area contributed by atoms with Gasteiger partial charge in [-0.15, -0.1) is 0 Å². The average molecular weight is 337 g/mol. The lowest BCUT2D eigenvalue weighted by Gasteiger charge is -2.10. The van der Waals surface area contributed by atoms with Crippen LogP contribution in [-0.2, 0) is 7.05 Å². The van der Waals surface area contributed by atoms with E-state index in [1.54, 1.807) is 0 Å². The highest BCUT2D eigenvalue weighted by Crippen LogP contribution is 2.26. The SMILES string of the molecule is Cn1cc(-c2ccccc2)c(=O)c(-c2cccc(-c3ccccc3)c2)c1. The van der Waals surface area contributed by atoms with E-state index in [-0.39, 0.29) is 5.43 Å². The van der Waals surface area contributed by atoms with Crippen LogP contribution >= 0.6 is 0 Å². The van der Waals surface area contributed by atoms with E-state index in [1.165, 1.54) is 0 Å². The minimum Gasteiger partial charge on any atom is -0.356 e. The fraction of sp³-hybridized carbons (Fsp3) is 0.0417. The Labute approximate surface area is 153 Å². The number of pyridine rings is 1. The molecular weight excluding hydrogens is 318 g/mol. The number of rotatable bonds is 3. The monoisotopic (exact) mass is 337 g/mol. The second kappa shape index (κ2) is 6.85. The van der Waals surface area contributed by atoms with Gasteiger partial charge in [0.1, 0.15) is 0 Å². The van der Waals surface area contributed by atoms with Gasteiger partial charge in [0.05, 0.1) is 0 Å². The first-order valence-corrected chi connectivity index (χ1v) is 8.64. The summed E-state index contributed by atoms with van der Waals surface area (Å²) in [7, 11) is 1.95. The Hall–Kier alpha value is -3.39. The quantitative estimate of drug-likeness (QED) is 0.491. The smallest absolute Gasteiger partial charge is 0.197 e. The average Bonchev–Trinajstić information content (AvgIpc) is 2.71. The van der Waals surface area contributed by atoms with E-state index in [1.807, 2.05) is 84.7 Å². The topological polar surface area (TPSA) is 22.0 Å². The summed E-state index contributed by atoms with van der Waals surface area (Å²) in [5.41, 5.74) is 5.61. The highest BCUT2D eigenvalue weighted by atomic mass is 16.1. The van der Waals surface area contributed by atoms with Crippen molar-refractivity contribution in [2.24, 2.45) is 7.05 Å². The summed E-state index contributed by atoms with van der Waals surface area (Å²) >= 11 is 0. The molecule has 3 aromatic carbocycles. The number of hydrogen-bond donors (Lipinski definition) is 0. The van der Waals surface area contributed by atoms with Gasteiger partial charge in [-0.05, 0) is 28.3 Å². The van der Waals surface area contributed by atoms with E-state index < -0.39 is 0 Å². The van der Waals surface area contributed by atoms with Gasteiger partial charge in [-0.2, -0.15) is 0 Å². The third-order valence-electron chi connectivity index (χ3n) is 4.52. The van der Waals surface area contributed by atoms with Gasteiger partial charge in [0.25, 0.3) is 0 Å². The molecule has 1 aromatic heterocycles. The summed E-state index contributed by atoms with van der Waals surface area (Å²) in [5.74, 6) is 0. The molecule has 0 N–H and O–H groups in total. The zero-order valence-corrected chi connectivity index (χ0v) is 14.6. The molecule has 0 saturated heterocycles. The molecule has 0 bridgehead atoms. The molecule has 0 aliphatic carbocycles. The lowest BCUT2D eigenvalue weighted by Crippen LogP contribution is -2.11. The number of benzene rings is 3. The van der Waals surface area contributed by atoms with E-state index in [0.717, 1.165) is 27.8 Å². The van der Waals surface area contributed by atoms with Crippen molar-refractivity contribution in [1.29, 1.82) is 0 Å². The van der Waals surface area contributed by atoms with Crippen LogP contribution in [0, 0.1) is 0 Å². The Morgan fingerprint density at radius 2 is 1.08 bits per heavy atom. The molecule has 126 valence electrons. The van der Waals surface area contributed by atoms with Gasteiger partial charge in [-0.25, -0.2) is 0 Å². The fourth-order valence-corrected chi connectivity index (χ4v) is 3.23. The van der Waals surface area contributed by atoms with Crippen molar-refractivity contribution in [3.05, 3.63) is 108 Å². The Morgan fingerprint density at radius 3 is 1.73 bits per heavy atom. The third kappa shape index (κ3) is 3.09. The van der Waals surface area contributed by atoms with Crippen LogP contribution in [0.2, 0.25) is 0 Å². The van der Waals surface area contributed by atoms with Crippen molar-refractivity contribution in [1.82, 2.24) is 4.57 Å². The zero-order valence-electron chi connectivity index (χ0n) is 14.6. The van der Waals surface area contributed by atoms with Gasteiger partial charge in [-0.1, -0.05) is 78.9 Å². The van der Waals surface area contributed by atoms with Crippen LogP contribution in [0.3, 0.4) is 0 Å². The number of aryl methyl sites for hydroxylation is 1. The molecule has 0 atom stereocenters. The Bertz CT molecular complexity index is 1100. The first-order chi connectivity index (χ1) is 12.7. The molecule has 0 spiro atoms. The highest BCUT2D eigenvalue weighted by Gasteiger charge is 2.11. The van der Waals surface area contributed by atoms with Crippen LogP contribution in [0.15, 0.2) is 102 Å². The fourth-order valence-electron chi connectivity index (χ4n) is 3.23. The third-order valence-corrected chi connectivity index (χ3v) is 4.52. The van der Waals surface area contributed by atoms with Crippen LogP contribution in [0.1, 0.15) is 0 Å². The molecule has 2 nitrogen and oxygen atoms in total. The molecule has 2 heteroatoms. The Morgan fingerprint density at radius 1 is 0.577 bits per heavy atom. The van der Waals surface area contributed by atoms with Gasteiger partial charge < -0.3 is 4.57 Å². The summed E-state index contributed by atoms with van der Waals surface area (Å²) in [6, 6.07) is 28.2. The molecule has 0 saturated carbocycles. The number of aromatic nitrogens is 1. The summed E-state index contributed by atoms with van der Waals surface area (Å²) < 4.78 is 1.95. The van der Waals surface area contributed by atoms with E-state index in [2.05, 4.69) is 24.3 Å². The molecule has 0 amide bonds. The van der Waals surface area contributed by atoms with Gasteiger partial charge in [0, 0.05) is 30.6 Å². The summed E-state index contributed by atoms with van der Waals surface area (Å²) in [6.07, 6.45) is 3.79. The van der Waals surface area contributed by atoms with Gasteiger partial charge >= 0.3 is 0 Å². The van der Waals surface area contributed by atoms with Gasteiger partial charge in [0.2, 0.25) is 0 Å². The molecule has 0 aliphatic rings. The second-order valence-electron chi connectivity index (χ2n) is 6.39. The predicted octanol–water partition coefficient (Wildman–Crippen LogP) is 5.39. The maximum atomic E-state index is 13.2. The van der Waals surface area contributed by atoms with Crippen LogP contribution in [0.5, 0.6) is 0 Å². The Balaban J connectivity index is 1.87. The van der Waals surface area contributed by atoms with E-state index in [0.29, 0.717) is 5.56 Å². The van der Waals surface area contributed by atoms with Crippen LogP contribution in [0.25, 0.3) is 33.4 Å². The van der Waals surface area contributed by atoms with Gasteiger partial charge in [0.15, 0.2) is 5.43 Å². The van der Waals surface area contributed by atoms with Crippen LogP contribution in [0.4, 0.5) is 0 Å². The van der Waals surface area contributed by atoms with Crippen molar-refractivity contribution in [3.8, 4) is 33.4 Å². The first kappa shape index (κ1) is 16.1. The minimum absolute atomic E-state index is 0.0551. The molecule has 0 fully saturated rings. The van der Waals surface area contributed by atoms with Crippen molar-refractivity contribution >= 4 is 0 Å². The zero-order chi connectivity index (χ0) is 17.9.